The van der Waals surface area contributed by atoms with Gasteiger partial charge in [0.2, 0.25) is 10.0 Å². The van der Waals surface area contributed by atoms with Crippen molar-refractivity contribution < 1.29 is 21.2 Å². The van der Waals surface area contributed by atoms with Crippen molar-refractivity contribution in [1.29, 1.82) is 0 Å². The summed E-state index contributed by atoms with van der Waals surface area (Å²) < 4.78 is 68.5. The largest absolute Gasteiger partial charge is 0.280 e. The van der Waals surface area contributed by atoms with Gasteiger partial charge in [0.1, 0.15) is 5.82 Å². The number of nitrogens with zero attached hydrogens (tertiary/aromatic N) is 1. The molecule has 0 bridgehead atoms. The molecule has 1 aliphatic heterocycles. The first-order valence-corrected chi connectivity index (χ1v) is 13.1. The summed E-state index contributed by atoms with van der Waals surface area (Å²) in [5, 5.41) is 0. The van der Waals surface area contributed by atoms with Gasteiger partial charge in [0.05, 0.1) is 9.79 Å². The number of rotatable bonds is 6. The van der Waals surface area contributed by atoms with Crippen molar-refractivity contribution in [2.45, 2.75) is 36.1 Å². The Kier molecular flexibility index (Phi) is 6.07. The van der Waals surface area contributed by atoms with E-state index in [1.807, 2.05) is 13.0 Å². The maximum absolute atomic E-state index is 13.2. The highest BCUT2D eigenvalue weighted by molar-refractivity contribution is 7.92. The fourth-order valence-corrected chi connectivity index (χ4v) is 6.14. The maximum Gasteiger partial charge on any atom is 0.261 e. The highest BCUT2D eigenvalue weighted by Gasteiger charge is 2.28. The van der Waals surface area contributed by atoms with Crippen molar-refractivity contribution in [2.24, 2.45) is 0 Å². The van der Waals surface area contributed by atoms with Crippen LogP contribution in [0.5, 0.6) is 0 Å². The van der Waals surface area contributed by atoms with E-state index in [1.165, 1.54) is 16.4 Å². The van der Waals surface area contributed by atoms with Crippen LogP contribution in [0.15, 0.2) is 76.5 Å². The van der Waals surface area contributed by atoms with Crippen LogP contribution in [0.2, 0.25) is 0 Å². The first kappa shape index (κ1) is 22.4. The molecule has 0 unspecified atom stereocenters. The molecule has 0 aromatic heterocycles. The highest BCUT2D eigenvalue weighted by Crippen LogP contribution is 2.28. The number of hydrogen-bond acceptors (Lipinski definition) is 4. The Morgan fingerprint density at radius 2 is 1.53 bits per heavy atom. The molecule has 1 aliphatic rings. The van der Waals surface area contributed by atoms with Gasteiger partial charge in [0, 0.05) is 18.8 Å². The predicted octanol–water partition coefficient (Wildman–Crippen LogP) is 3.94. The lowest BCUT2D eigenvalue weighted by Gasteiger charge is -2.28. The number of hydrogen-bond donors (Lipinski definition) is 1. The van der Waals surface area contributed by atoms with Crippen LogP contribution in [0.25, 0.3) is 0 Å². The molecule has 0 saturated heterocycles. The summed E-state index contributed by atoms with van der Waals surface area (Å²) in [7, 11) is -7.56. The van der Waals surface area contributed by atoms with Gasteiger partial charge in [-0.15, -0.1) is 0 Å². The molecular weight excluding hydrogens is 451 g/mol. The van der Waals surface area contributed by atoms with Gasteiger partial charge in [-0.3, -0.25) is 4.72 Å². The standard InChI is InChI=1S/C23H23FN2O4S2/c1-2-17-3-9-22(10-4-17)31(27,28)25-21-8-5-18-13-14-26(16-19(18)15-21)32(29,30)23-11-6-20(24)7-12-23/h3-12,15,25H,2,13-14,16H2,1H3. The SMILES string of the molecule is CCc1ccc(S(=O)(=O)Nc2ccc3c(c2)CN(S(=O)(=O)c2ccc(F)cc2)CC3)cc1. The molecule has 1 heterocycles. The van der Waals surface area contributed by atoms with E-state index in [2.05, 4.69) is 4.72 Å². The minimum Gasteiger partial charge on any atom is -0.280 e. The van der Waals surface area contributed by atoms with E-state index < -0.39 is 25.9 Å². The lowest BCUT2D eigenvalue weighted by Crippen LogP contribution is -2.36. The number of sulfonamides is 2. The molecule has 0 saturated carbocycles. The van der Waals surface area contributed by atoms with E-state index in [9.17, 15) is 21.2 Å². The third-order valence-electron chi connectivity index (χ3n) is 5.53. The van der Waals surface area contributed by atoms with Crippen LogP contribution >= 0.6 is 0 Å². The summed E-state index contributed by atoms with van der Waals surface area (Å²) in [4.78, 5) is 0.183. The quantitative estimate of drug-likeness (QED) is 0.587. The Balaban J connectivity index is 1.56. The second-order valence-electron chi connectivity index (χ2n) is 7.63. The number of anilines is 1. The van der Waals surface area contributed by atoms with Crippen molar-refractivity contribution in [2.75, 3.05) is 11.3 Å². The fraction of sp³-hybridized carbons (Fsp3) is 0.217. The molecule has 0 fully saturated rings. The third-order valence-corrected chi connectivity index (χ3v) is 8.79. The molecule has 0 atom stereocenters. The van der Waals surface area contributed by atoms with Crippen LogP contribution in [-0.2, 0) is 39.4 Å². The molecule has 0 amide bonds. The summed E-state index contributed by atoms with van der Waals surface area (Å²) >= 11 is 0. The maximum atomic E-state index is 13.2. The second kappa shape index (κ2) is 8.65. The van der Waals surface area contributed by atoms with Crippen LogP contribution in [0.3, 0.4) is 0 Å². The van der Waals surface area contributed by atoms with Gasteiger partial charge < -0.3 is 0 Å². The molecule has 32 heavy (non-hydrogen) atoms. The van der Waals surface area contributed by atoms with Crippen LogP contribution in [0.1, 0.15) is 23.6 Å². The number of benzene rings is 3. The molecule has 0 radical (unpaired) electrons. The Hall–Kier alpha value is -2.75. The molecular formula is C23H23FN2O4S2. The van der Waals surface area contributed by atoms with Gasteiger partial charge in [-0.1, -0.05) is 25.1 Å². The fourth-order valence-electron chi connectivity index (χ4n) is 3.67. The second-order valence-corrected chi connectivity index (χ2v) is 11.2. The van der Waals surface area contributed by atoms with Crippen LogP contribution in [-0.4, -0.2) is 27.7 Å². The van der Waals surface area contributed by atoms with Gasteiger partial charge in [-0.2, -0.15) is 4.31 Å². The lowest BCUT2D eigenvalue weighted by atomic mass is 10.0. The van der Waals surface area contributed by atoms with Gasteiger partial charge in [-0.05, 0) is 78.1 Å². The average molecular weight is 475 g/mol. The smallest absolute Gasteiger partial charge is 0.261 e. The molecule has 4 rings (SSSR count). The first-order chi connectivity index (χ1) is 15.2. The van der Waals surface area contributed by atoms with E-state index in [0.29, 0.717) is 18.7 Å². The zero-order valence-electron chi connectivity index (χ0n) is 17.5. The van der Waals surface area contributed by atoms with E-state index >= 15 is 0 Å². The van der Waals surface area contributed by atoms with Crippen molar-refractivity contribution in [1.82, 2.24) is 4.31 Å². The lowest BCUT2D eigenvalue weighted by molar-refractivity contribution is 0.391. The summed E-state index contributed by atoms with van der Waals surface area (Å²) in [5.41, 5.74) is 3.10. The molecule has 0 spiro atoms. The van der Waals surface area contributed by atoms with Gasteiger partial charge in [0.25, 0.3) is 10.0 Å². The van der Waals surface area contributed by atoms with Gasteiger partial charge in [0.15, 0.2) is 0 Å². The number of aryl methyl sites for hydroxylation is 1. The van der Waals surface area contributed by atoms with Crippen LogP contribution in [0, 0.1) is 5.82 Å². The molecule has 3 aromatic rings. The number of nitrogens with one attached hydrogen (secondary N) is 1. The molecule has 168 valence electrons. The minimum absolute atomic E-state index is 0.0229. The average Bonchev–Trinajstić information content (AvgIpc) is 2.78. The first-order valence-electron chi connectivity index (χ1n) is 10.2. The van der Waals surface area contributed by atoms with Crippen molar-refractivity contribution >= 4 is 25.7 Å². The van der Waals surface area contributed by atoms with Crippen LogP contribution < -0.4 is 4.72 Å². The summed E-state index contributed by atoms with van der Waals surface area (Å²) in [5.74, 6) is -0.505. The Bertz CT molecular complexity index is 1340. The molecule has 1 N–H and O–H groups in total. The normalized spacial score (nSPS) is 14.7. The summed E-state index contributed by atoms with van der Waals surface area (Å²) in [6.07, 6.45) is 1.32. The van der Waals surface area contributed by atoms with Crippen molar-refractivity contribution in [3.63, 3.8) is 0 Å². The zero-order valence-corrected chi connectivity index (χ0v) is 19.1. The van der Waals surface area contributed by atoms with Crippen molar-refractivity contribution in [3.05, 3.63) is 89.2 Å². The predicted molar refractivity (Wildman–Crippen MR) is 121 cm³/mol. The van der Waals surface area contributed by atoms with Crippen molar-refractivity contribution in [3.8, 4) is 0 Å². The Morgan fingerprint density at radius 1 is 0.875 bits per heavy atom. The zero-order chi connectivity index (χ0) is 22.9. The van der Waals surface area contributed by atoms with E-state index in [0.717, 1.165) is 35.2 Å². The minimum atomic E-state index is -3.79. The summed E-state index contributed by atoms with van der Waals surface area (Å²) in [6, 6.07) is 16.6. The van der Waals surface area contributed by atoms with Crippen LogP contribution in [0.4, 0.5) is 10.1 Å². The Labute approximate surface area is 187 Å². The van der Waals surface area contributed by atoms with Gasteiger partial charge in [-0.25, -0.2) is 21.2 Å². The van der Waals surface area contributed by atoms with E-state index in [1.54, 1.807) is 36.4 Å². The highest BCUT2D eigenvalue weighted by atomic mass is 32.2. The monoisotopic (exact) mass is 474 g/mol. The number of fused-ring (bicyclic) bond motifs is 1. The van der Waals surface area contributed by atoms with E-state index in [-0.39, 0.29) is 16.3 Å². The molecule has 0 aliphatic carbocycles. The number of halogens is 1. The topological polar surface area (TPSA) is 83.6 Å². The molecule has 3 aromatic carbocycles. The molecule has 6 nitrogen and oxygen atoms in total. The Morgan fingerprint density at radius 3 is 2.19 bits per heavy atom. The van der Waals surface area contributed by atoms with E-state index in [4.69, 9.17) is 0 Å². The molecule has 9 heteroatoms. The summed E-state index contributed by atoms with van der Waals surface area (Å²) in [6.45, 7) is 2.39. The van der Waals surface area contributed by atoms with Gasteiger partial charge >= 0.3 is 0 Å². The third kappa shape index (κ3) is 4.55.